The maximum atomic E-state index is 12.2. The number of amides is 1. The van der Waals surface area contributed by atoms with Crippen LogP contribution in [-0.2, 0) is 0 Å². The zero-order chi connectivity index (χ0) is 11.4. The van der Waals surface area contributed by atoms with Crippen molar-refractivity contribution in [1.29, 1.82) is 0 Å². The first-order valence-corrected chi connectivity index (χ1v) is 6.06. The minimum absolute atomic E-state index is 0.0347. The van der Waals surface area contributed by atoms with Crippen LogP contribution in [0.4, 0.5) is 0 Å². The van der Waals surface area contributed by atoms with Crippen LogP contribution < -0.4 is 0 Å². The van der Waals surface area contributed by atoms with Gasteiger partial charge in [0.2, 0.25) is 0 Å². The second-order valence-corrected chi connectivity index (χ2v) is 4.45. The Bertz CT molecular complexity index is 373. The molecule has 0 aliphatic carbocycles. The second kappa shape index (κ2) is 5.30. The number of rotatable bonds is 1. The van der Waals surface area contributed by atoms with Gasteiger partial charge in [0.05, 0.1) is 5.02 Å². The van der Waals surface area contributed by atoms with Crippen LogP contribution in [0.3, 0.4) is 0 Å². The highest BCUT2D eigenvalue weighted by atomic mass is 35.5. The minimum atomic E-state index is -0.0347. The lowest BCUT2D eigenvalue weighted by Gasteiger charge is -2.19. The predicted molar refractivity (Wildman–Crippen MR) is 63.6 cm³/mol. The van der Waals surface area contributed by atoms with Gasteiger partial charge in [0.25, 0.3) is 5.91 Å². The molecule has 0 radical (unpaired) electrons. The molecule has 0 bridgehead atoms. The molecule has 16 heavy (non-hydrogen) atoms. The molecule has 0 saturated carbocycles. The van der Waals surface area contributed by atoms with Gasteiger partial charge in [0.15, 0.2) is 0 Å². The smallest absolute Gasteiger partial charge is 0.273 e. The zero-order valence-electron chi connectivity index (χ0n) is 9.16. The van der Waals surface area contributed by atoms with E-state index in [1.165, 1.54) is 12.8 Å². The van der Waals surface area contributed by atoms with E-state index >= 15 is 0 Å². The van der Waals surface area contributed by atoms with Gasteiger partial charge in [-0.3, -0.25) is 4.79 Å². The maximum absolute atomic E-state index is 12.2. The third kappa shape index (κ3) is 2.53. The zero-order valence-corrected chi connectivity index (χ0v) is 9.91. The molecule has 1 fully saturated rings. The van der Waals surface area contributed by atoms with Gasteiger partial charge in [0, 0.05) is 19.3 Å². The molecule has 3 nitrogen and oxygen atoms in total. The lowest BCUT2D eigenvalue weighted by molar-refractivity contribution is 0.0756. The number of halogens is 1. The van der Waals surface area contributed by atoms with Gasteiger partial charge >= 0.3 is 0 Å². The van der Waals surface area contributed by atoms with E-state index < -0.39 is 0 Å². The Morgan fingerprint density at radius 3 is 2.56 bits per heavy atom. The van der Waals surface area contributed by atoms with Crippen molar-refractivity contribution < 1.29 is 4.79 Å². The fourth-order valence-electron chi connectivity index (χ4n) is 1.97. The number of aromatic nitrogens is 1. The van der Waals surface area contributed by atoms with Crippen molar-refractivity contribution in [1.82, 2.24) is 9.88 Å². The Hall–Kier alpha value is -1.09. The third-order valence-corrected chi connectivity index (χ3v) is 3.16. The molecule has 1 saturated heterocycles. The van der Waals surface area contributed by atoms with Gasteiger partial charge in [-0.1, -0.05) is 24.4 Å². The molecular weight excluding hydrogens is 224 g/mol. The van der Waals surface area contributed by atoms with E-state index in [1.54, 1.807) is 18.3 Å². The molecule has 4 heteroatoms. The van der Waals surface area contributed by atoms with Gasteiger partial charge in [-0.2, -0.15) is 0 Å². The van der Waals surface area contributed by atoms with Crippen LogP contribution in [0.5, 0.6) is 0 Å². The summed E-state index contributed by atoms with van der Waals surface area (Å²) in [5.74, 6) is -0.0347. The topological polar surface area (TPSA) is 33.2 Å². The number of hydrogen-bond acceptors (Lipinski definition) is 2. The van der Waals surface area contributed by atoms with Crippen molar-refractivity contribution in [3.8, 4) is 0 Å². The third-order valence-electron chi connectivity index (χ3n) is 2.85. The van der Waals surface area contributed by atoms with E-state index in [0.717, 1.165) is 25.9 Å². The van der Waals surface area contributed by atoms with Crippen LogP contribution >= 0.6 is 11.6 Å². The summed E-state index contributed by atoms with van der Waals surface area (Å²) >= 11 is 5.97. The number of pyridine rings is 1. The first kappa shape index (κ1) is 11.4. The Balaban J connectivity index is 2.14. The largest absolute Gasteiger partial charge is 0.337 e. The normalized spacial score (nSPS) is 16.9. The van der Waals surface area contributed by atoms with Crippen LogP contribution in [0.25, 0.3) is 0 Å². The number of likely N-dealkylation sites (tertiary alicyclic amines) is 1. The van der Waals surface area contributed by atoms with Crippen LogP contribution in [-0.4, -0.2) is 28.9 Å². The molecule has 0 N–H and O–H groups in total. The minimum Gasteiger partial charge on any atom is -0.337 e. The molecule has 1 amide bonds. The highest BCUT2D eigenvalue weighted by Crippen LogP contribution is 2.17. The molecule has 0 aromatic carbocycles. The summed E-state index contributed by atoms with van der Waals surface area (Å²) in [6.45, 7) is 1.65. The summed E-state index contributed by atoms with van der Waals surface area (Å²) in [5.41, 5.74) is 0.381. The molecule has 2 rings (SSSR count). The predicted octanol–water partition coefficient (Wildman–Crippen LogP) is 2.75. The van der Waals surface area contributed by atoms with Gasteiger partial charge < -0.3 is 4.90 Å². The van der Waals surface area contributed by atoms with E-state index in [4.69, 9.17) is 11.6 Å². The molecule has 1 aromatic heterocycles. The van der Waals surface area contributed by atoms with Crippen LogP contribution in [0.2, 0.25) is 5.02 Å². The van der Waals surface area contributed by atoms with Crippen molar-refractivity contribution >= 4 is 17.5 Å². The number of hydrogen-bond donors (Lipinski definition) is 0. The molecule has 1 aliphatic rings. The highest BCUT2D eigenvalue weighted by Gasteiger charge is 2.20. The Morgan fingerprint density at radius 2 is 1.94 bits per heavy atom. The summed E-state index contributed by atoms with van der Waals surface area (Å²) in [4.78, 5) is 18.1. The maximum Gasteiger partial charge on any atom is 0.273 e. The van der Waals surface area contributed by atoms with Crippen LogP contribution in [0.1, 0.15) is 36.2 Å². The van der Waals surface area contributed by atoms with Gasteiger partial charge in [-0.25, -0.2) is 4.98 Å². The lowest BCUT2D eigenvalue weighted by Crippen LogP contribution is -2.32. The van der Waals surface area contributed by atoms with Crippen molar-refractivity contribution in [3.05, 3.63) is 29.0 Å². The quantitative estimate of drug-likeness (QED) is 0.754. The Kier molecular flexibility index (Phi) is 3.78. The summed E-state index contributed by atoms with van der Waals surface area (Å²) in [6, 6.07) is 3.45. The molecular formula is C12H15ClN2O. The van der Waals surface area contributed by atoms with E-state index in [9.17, 15) is 4.79 Å². The van der Waals surface area contributed by atoms with E-state index in [-0.39, 0.29) is 5.91 Å². The van der Waals surface area contributed by atoms with Crippen LogP contribution in [0.15, 0.2) is 18.3 Å². The first-order chi connectivity index (χ1) is 7.79. The summed E-state index contributed by atoms with van der Waals surface area (Å²) in [6.07, 6.45) is 6.18. The average molecular weight is 239 g/mol. The number of nitrogens with zero attached hydrogens (tertiary/aromatic N) is 2. The fraction of sp³-hybridized carbons (Fsp3) is 0.500. The van der Waals surface area contributed by atoms with Gasteiger partial charge in [-0.05, 0) is 25.0 Å². The molecule has 0 unspecified atom stereocenters. The molecule has 1 aliphatic heterocycles. The molecule has 2 heterocycles. The molecule has 0 spiro atoms. The van der Waals surface area contributed by atoms with E-state index in [2.05, 4.69) is 4.98 Å². The summed E-state index contributed by atoms with van der Waals surface area (Å²) in [7, 11) is 0. The standard InChI is InChI=1S/C12H15ClN2O/c13-10-6-5-7-14-11(10)12(16)15-8-3-1-2-4-9-15/h5-7H,1-4,8-9H2. The number of carbonyl (C=O) groups excluding carboxylic acids is 1. The highest BCUT2D eigenvalue weighted by molar-refractivity contribution is 6.33. The average Bonchev–Trinajstić information content (AvgIpc) is 2.57. The van der Waals surface area contributed by atoms with Gasteiger partial charge in [0.1, 0.15) is 5.69 Å². The Labute approximate surface area is 100 Å². The van der Waals surface area contributed by atoms with Crippen molar-refractivity contribution in [2.24, 2.45) is 0 Å². The van der Waals surface area contributed by atoms with Crippen molar-refractivity contribution in [3.63, 3.8) is 0 Å². The number of carbonyl (C=O) groups is 1. The van der Waals surface area contributed by atoms with E-state index in [1.807, 2.05) is 4.90 Å². The molecule has 0 atom stereocenters. The SMILES string of the molecule is O=C(c1ncccc1Cl)N1CCCCCC1. The van der Waals surface area contributed by atoms with Crippen molar-refractivity contribution in [2.45, 2.75) is 25.7 Å². The fourth-order valence-corrected chi connectivity index (χ4v) is 2.17. The monoisotopic (exact) mass is 238 g/mol. The summed E-state index contributed by atoms with van der Waals surface area (Å²) < 4.78 is 0. The van der Waals surface area contributed by atoms with Crippen molar-refractivity contribution in [2.75, 3.05) is 13.1 Å². The second-order valence-electron chi connectivity index (χ2n) is 4.04. The lowest BCUT2D eigenvalue weighted by atomic mass is 10.2. The summed E-state index contributed by atoms with van der Waals surface area (Å²) in [5, 5.41) is 0.441. The Morgan fingerprint density at radius 1 is 1.25 bits per heavy atom. The van der Waals surface area contributed by atoms with Crippen LogP contribution in [0, 0.1) is 0 Å². The molecule has 1 aromatic rings. The first-order valence-electron chi connectivity index (χ1n) is 5.69. The van der Waals surface area contributed by atoms with Gasteiger partial charge in [-0.15, -0.1) is 0 Å². The molecule has 86 valence electrons. The van der Waals surface area contributed by atoms with E-state index in [0.29, 0.717) is 10.7 Å².